The van der Waals surface area contributed by atoms with Crippen molar-refractivity contribution in [3.8, 4) is 11.4 Å². The quantitative estimate of drug-likeness (QED) is 0.676. The molecule has 0 atom stereocenters. The summed E-state index contributed by atoms with van der Waals surface area (Å²) < 4.78 is 0. The van der Waals surface area contributed by atoms with Gasteiger partial charge in [-0.05, 0) is 24.3 Å². The first-order valence-corrected chi connectivity index (χ1v) is 3.79. The van der Waals surface area contributed by atoms with Gasteiger partial charge in [-0.3, -0.25) is 9.97 Å². The van der Waals surface area contributed by atoms with Crippen LogP contribution < -0.4 is 0 Å². The maximum atomic E-state index is 4.19. The smallest absolute Gasteiger partial charge is 0.255 e. The Kier molecular flexibility index (Phi) is 3.62. The third kappa shape index (κ3) is 2.38. The summed E-state index contributed by atoms with van der Waals surface area (Å²) in [6.07, 6.45) is 3.54. The van der Waals surface area contributed by atoms with Gasteiger partial charge in [0.15, 0.2) is 0 Å². The SMILES string of the molecule is [Fe+3].c1ccc(-c2ccccn2)nc1. The maximum absolute atomic E-state index is 4.19. The Morgan fingerprint density at radius 3 is 1.46 bits per heavy atom. The molecule has 1 radical (unpaired) electrons. The van der Waals surface area contributed by atoms with Crippen LogP contribution in [0.1, 0.15) is 0 Å². The Bertz CT molecular complexity index is 310. The van der Waals surface area contributed by atoms with E-state index in [0.717, 1.165) is 11.4 Å². The molecule has 0 aliphatic carbocycles. The van der Waals surface area contributed by atoms with Gasteiger partial charge in [0.1, 0.15) is 0 Å². The minimum atomic E-state index is 0. The summed E-state index contributed by atoms with van der Waals surface area (Å²) in [7, 11) is 0. The van der Waals surface area contributed by atoms with Crippen LogP contribution in [0, 0.1) is 0 Å². The summed E-state index contributed by atoms with van der Waals surface area (Å²) in [6.45, 7) is 0. The minimum Gasteiger partial charge on any atom is -0.255 e. The first-order valence-electron chi connectivity index (χ1n) is 3.79. The van der Waals surface area contributed by atoms with Crippen LogP contribution in [0.4, 0.5) is 0 Å². The van der Waals surface area contributed by atoms with Gasteiger partial charge in [0.05, 0.1) is 11.4 Å². The molecule has 63 valence electrons. The number of rotatable bonds is 1. The molecule has 0 saturated carbocycles. The van der Waals surface area contributed by atoms with Crippen molar-refractivity contribution in [1.29, 1.82) is 0 Å². The predicted molar refractivity (Wildman–Crippen MR) is 47.5 cm³/mol. The zero-order chi connectivity index (χ0) is 8.23. The molecule has 0 spiro atoms. The zero-order valence-electron chi connectivity index (χ0n) is 6.87. The molecule has 0 N–H and O–H groups in total. The fourth-order valence-corrected chi connectivity index (χ4v) is 1.03. The number of hydrogen-bond donors (Lipinski definition) is 0. The fourth-order valence-electron chi connectivity index (χ4n) is 1.03. The Hall–Kier alpha value is -1.18. The number of nitrogens with zero attached hydrogens (tertiary/aromatic N) is 2. The molecule has 2 aromatic heterocycles. The van der Waals surface area contributed by atoms with Crippen molar-refractivity contribution < 1.29 is 17.1 Å². The van der Waals surface area contributed by atoms with Crippen molar-refractivity contribution in [2.75, 3.05) is 0 Å². The van der Waals surface area contributed by atoms with Gasteiger partial charge in [-0.25, -0.2) is 0 Å². The molecule has 0 unspecified atom stereocenters. The van der Waals surface area contributed by atoms with Crippen LogP contribution in [0.25, 0.3) is 11.4 Å². The van der Waals surface area contributed by atoms with Crippen molar-refractivity contribution in [2.24, 2.45) is 0 Å². The summed E-state index contributed by atoms with van der Waals surface area (Å²) in [5, 5.41) is 0. The molecule has 2 heterocycles. The number of aromatic nitrogens is 2. The minimum absolute atomic E-state index is 0. The van der Waals surface area contributed by atoms with Gasteiger partial charge in [-0.2, -0.15) is 0 Å². The van der Waals surface area contributed by atoms with E-state index in [0.29, 0.717) is 0 Å². The topological polar surface area (TPSA) is 25.8 Å². The molecule has 0 aromatic carbocycles. The standard InChI is InChI=1S/C10H8N2.Fe/c1-3-7-11-9(5-1)10-6-2-4-8-12-10;/h1-8H;/q;+3. The molecule has 2 nitrogen and oxygen atoms in total. The molecule has 0 saturated heterocycles. The summed E-state index contributed by atoms with van der Waals surface area (Å²) in [5.74, 6) is 0. The zero-order valence-corrected chi connectivity index (χ0v) is 7.97. The van der Waals surface area contributed by atoms with Gasteiger partial charge in [-0.15, -0.1) is 0 Å². The van der Waals surface area contributed by atoms with Crippen LogP contribution in [0.3, 0.4) is 0 Å². The second kappa shape index (κ2) is 4.75. The summed E-state index contributed by atoms with van der Waals surface area (Å²) in [5.41, 5.74) is 1.83. The molecule has 3 heteroatoms. The van der Waals surface area contributed by atoms with Gasteiger partial charge in [0.25, 0.3) is 0 Å². The maximum Gasteiger partial charge on any atom is 3.00 e. The number of pyridine rings is 2. The largest absolute Gasteiger partial charge is 3.00 e. The monoisotopic (exact) mass is 212 g/mol. The van der Waals surface area contributed by atoms with Crippen LogP contribution in [0.5, 0.6) is 0 Å². The molecule has 0 bridgehead atoms. The van der Waals surface area contributed by atoms with E-state index < -0.39 is 0 Å². The molecule has 2 rings (SSSR count). The third-order valence-corrected chi connectivity index (χ3v) is 1.59. The van der Waals surface area contributed by atoms with E-state index in [9.17, 15) is 0 Å². The normalized spacial score (nSPS) is 8.92. The van der Waals surface area contributed by atoms with E-state index >= 15 is 0 Å². The Balaban J connectivity index is 0.000000845. The molecule has 0 amide bonds. The number of hydrogen-bond acceptors (Lipinski definition) is 2. The van der Waals surface area contributed by atoms with E-state index in [2.05, 4.69) is 9.97 Å². The summed E-state index contributed by atoms with van der Waals surface area (Å²) in [6, 6.07) is 11.6. The molecule has 0 aliphatic rings. The van der Waals surface area contributed by atoms with Gasteiger partial charge in [0.2, 0.25) is 0 Å². The summed E-state index contributed by atoms with van der Waals surface area (Å²) >= 11 is 0. The average molecular weight is 212 g/mol. The van der Waals surface area contributed by atoms with E-state index in [-0.39, 0.29) is 17.1 Å². The van der Waals surface area contributed by atoms with Gasteiger partial charge in [0, 0.05) is 12.4 Å². The first-order chi connectivity index (χ1) is 5.97. The van der Waals surface area contributed by atoms with Crippen LogP contribution in [0.15, 0.2) is 48.8 Å². The second-order valence-electron chi connectivity index (χ2n) is 2.43. The molecule has 0 fully saturated rings. The molecule has 0 aliphatic heterocycles. The van der Waals surface area contributed by atoms with Crippen LogP contribution in [0.2, 0.25) is 0 Å². The van der Waals surface area contributed by atoms with E-state index in [4.69, 9.17) is 0 Å². The van der Waals surface area contributed by atoms with Crippen molar-refractivity contribution in [3.63, 3.8) is 0 Å². The van der Waals surface area contributed by atoms with E-state index in [1.807, 2.05) is 36.4 Å². The second-order valence-corrected chi connectivity index (χ2v) is 2.43. The Morgan fingerprint density at radius 1 is 0.692 bits per heavy atom. The van der Waals surface area contributed by atoms with Crippen molar-refractivity contribution in [1.82, 2.24) is 9.97 Å². The molecular weight excluding hydrogens is 204 g/mol. The van der Waals surface area contributed by atoms with Gasteiger partial charge in [-0.1, -0.05) is 12.1 Å². The van der Waals surface area contributed by atoms with Crippen LogP contribution >= 0.6 is 0 Å². The average Bonchev–Trinajstić information content (AvgIpc) is 2.21. The Morgan fingerprint density at radius 2 is 1.15 bits per heavy atom. The third-order valence-electron chi connectivity index (χ3n) is 1.59. The molecule has 2 aromatic rings. The van der Waals surface area contributed by atoms with Crippen LogP contribution in [-0.2, 0) is 17.1 Å². The van der Waals surface area contributed by atoms with Gasteiger partial charge < -0.3 is 0 Å². The van der Waals surface area contributed by atoms with Crippen LogP contribution in [-0.4, -0.2) is 9.97 Å². The summed E-state index contributed by atoms with van der Waals surface area (Å²) in [4.78, 5) is 8.37. The fraction of sp³-hybridized carbons (Fsp3) is 0. The van der Waals surface area contributed by atoms with Gasteiger partial charge >= 0.3 is 17.1 Å². The first kappa shape index (κ1) is 9.90. The van der Waals surface area contributed by atoms with Crippen molar-refractivity contribution >= 4 is 0 Å². The predicted octanol–water partition coefficient (Wildman–Crippen LogP) is 2.14. The van der Waals surface area contributed by atoms with E-state index in [1.165, 1.54) is 0 Å². The Labute approximate surface area is 87.5 Å². The van der Waals surface area contributed by atoms with Crippen molar-refractivity contribution in [2.45, 2.75) is 0 Å². The van der Waals surface area contributed by atoms with E-state index in [1.54, 1.807) is 12.4 Å². The molecular formula is C10H8FeN2+3. The van der Waals surface area contributed by atoms with Crippen molar-refractivity contribution in [3.05, 3.63) is 48.8 Å². The molecule has 13 heavy (non-hydrogen) atoms.